The Balaban J connectivity index is 1.60. The molecule has 0 radical (unpaired) electrons. The minimum Gasteiger partial charge on any atom is -0.237 e. The quantitative estimate of drug-likeness (QED) is 0.460. The molecule has 1 N–H and O–H groups in total. The molecule has 0 aliphatic heterocycles. The van der Waals surface area contributed by atoms with Gasteiger partial charge in [-0.3, -0.25) is 0 Å². The molecule has 1 unspecified atom stereocenters. The Labute approximate surface area is 181 Å². The van der Waals surface area contributed by atoms with E-state index in [0.29, 0.717) is 24.7 Å². The predicted octanol–water partition coefficient (Wildman–Crippen LogP) is 4.25. The second-order valence-electron chi connectivity index (χ2n) is 7.43. The Hall–Kier alpha value is -3.79. The van der Waals surface area contributed by atoms with E-state index in [0.717, 1.165) is 34.8 Å². The molecule has 0 aliphatic carbocycles. The van der Waals surface area contributed by atoms with Gasteiger partial charge in [0.15, 0.2) is 5.82 Å². The van der Waals surface area contributed by atoms with Crippen LogP contribution in [0, 0.1) is 11.8 Å². The summed E-state index contributed by atoms with van der Waals surface area (Å²) in [6.45, 7) is 6.72. The molecule has 31 heavy (non-hydrogen) atoms. The maximum absolute atomic E-state index is 4.81. The molecule has 0 aliphatic rings. The smallest absolute Gasteiger partial charge is 0.205 e. The van der Waals surface area contributed by atoms with Gasteiger partial charge in [-0.15, -0.1) is 16.1 Å². The van der Waals surface area contributed by atoms with Crippen LogP contribution in [0.25, 0.3) is 22.5 Å². The van der Waals surface area contributed by atoms with E-state index in [1.54, 1.807) is 0 Å². The molecule has 2 heterocycles. The highest BCUT2D eigenvalue weighted by molar-refractivity contribution is 5.80. The zero-order chi connectivity index (χ0) is 21.6. The van der Waals surface area contributed by atoms with Gasteiger partial charge in [-0.2, -0.15) is 10.3 Å². The average molecular weight is 412 g/mol. The molecule has 0 saturated carbocycles. The van der Waals surface area contributed by atoms with Gasteiger partial charge in [0.25, 0.3) is 0 Å². The van der Waals surface area contributed by atoms with Crippen LogP contribution in [-0.2, 0) is 13.0 Å². The molecule has 0 amide bonds. The molecule has 1 atom stereocenters. The van der Waals surface area contributed by atoms with Crippen LogP contribution >= 0.6 is 0 Å². The first-order chi connectivity index (χ1) is 15.2. The van der Waals surface area contributed by atoms with Crippen LogP contribution in [0.3, 0.4) is 0 Å². The largest absolute Gasteiger partial charge is 0.237 e. The zero-order valence-electron chi connectivity index (χ0n) is 18.0. The molecule has 2 aromatic heterocycles. The Morgan fingerprint density at radius 2 is 1.84 bits per heavy atom. The maximum Gasteiger partial charge on any atom is 0.205 e. The third-order valence-corrected chi connectivity index (χ3v) is 5.36. The lowest BCUT2D eigenvalue weighted by atomic mass is 9.98. The Morgan fingerprint density at radius 3 is 2.52 bits per heavy atom. The summed E-state index contributed by atoms with van der Waals surface area (Å²) in [5.74, 6) is 8.80. The van der Waals surface area contributed by atoms with Crippen molar-refractivity contribution in [3.05, 3.63) is 65.7 Å². The monoisotopic (exact) mass is 411 g/mol. The van der Waals surface area contributed by atoms with Crippen molar-refractivity contribution in [1.29, 1.82) is 0 Å². The van der Waals surface area contributed by atoms with Gasteiger partial charge >= 0.3 is 0 Å². The third kappa shape index (κ3) is 4.53. The molecule has 2 aromatic carbocycles. The van der Waals surface area contributed by atoms with E-state index in [1.165, 1.54) is 5.56 Å². The summed E-state index contributed by atoms with van der Waals surface area (Å²) in [5, 5.41) is 19.2. The summed E-state index contributed by atoms with van der Waals surface area (Å²) >= 11 is 0. The first-order valence-electron chi connectivity index (χ1n) is 10.4. The van der Waals surface area contributed by atoms with Crippen molar-refractivity contribution >= 4 is 0 Å². The van der Waals surface area contributed by atoms with E-state index in [2.05, 4.69) is 76.6 Å². The fourth-order valence-electron chi connectivity index (χ4n) is 3.39. The van der Waals surface area contributed by atoms with Gasteiger partial charge in [0.2, 0.25) is 5.82 Å². The lowest BCUT2D eigenvalue weighted by Gasteiger charge is -2.08. The fraction of sp³-hybridized carbons (Fsp3) is 0.292. The second kappa shape index (κ2) is 9.35. The highest BCUT2D eigenvalue weighted by Crippen LogP contribution is 2.30. The minimum atomic E-state index is 0.332. The van der Waals surface area contributed by atoms with Gasteiger partial charge in [0.05, 0.1) is 0 Å². The number of rotatable bonds is 7. The Kier molecular flexibility index (Phi) is 6.18. The molecule has 0 fully saturated rings. The highest BCUT2D eigenvalue weighted by atomic mass is 15.5. The summed E-state index contributed by atoms with van der Waals surface area (Å²) in [5.41, 5.74) is 4.29. The Bertz CT molecular complexity index is 1190. The molecule has 0 bridgehead atoms. The average Bonchev–Trinajstić information content (AvgIpc) is 3.48. The lowest BCUT2D eigenvalue weighted by molar-refractivity contribution is 0.631. The van der Waals surface area contributed by atoms with Crippen molar-refractivity contribution in [2.75, 3.05) is 0 Å². The van der Waals surface area contributed by atoms with Gasteiger partial charge in [0, 0.05) is 17.9 Å². The zero-order valence-corrected chi connectivity index (χ0v) is 18.0. The first-order valence-corrected chi connectivity index (χ1v) is 10.4. The summed E-state index contributed by atoms with van der Waals surface area (Å²) in [6, 6.07) is 16.6. The van der Waals surface area contributed by atoms with Crippen LogP contribution in [0.4, 0.5) is 0 Å². The number of hydrogen-bond donors (Lipinski definition) is 1. The van der Waals surface area contributed by atoms with Gasteiger partial charge in [0.1, 0.15) is 12.4 Å². The van der Waals surface area contributed by atoms with Gasteiger partial charge < -0.3 is 0 Å². The van der Waals surface area contributed by atoms with E-state index in [-0.39, 0.29) is 0 Å². The predicted molar refractivity (Wildman–Crippen MR) is 120 cm³/mol. The van der Waals surface area contributed by atoms with Crippen molar-refractivity contribution < 1.29 is 0 Å². The van der Waals surface area contributed by atoms with Crippen LogP contribution in [0.15, 0.2) is 48.5 Å². The maximum atomic E-state index is 4.81. The summed E-state index contributed by atoms with van der Waals surface area (Å²) in [4.78, 5) is 4.81. The van der Waals surface area contributed by atoms with Crippen molar-refractivity contribution in [1.82, 2.24) is 35.4 Å². The normalized spacial score (nSPS) is 11.7. The minimum absolute atomic E-state index is 0.332. The van der Waals surface area contributed by atoms with Gasteiger partial charge in [-0.05, 0) is 35.2 Å². The van der Waals surface area contributed by atoms with Gasteiger partial charge in [-0.1, -0.05) is 68.3 Å². The van der Waals surface area contributed by atoms with Crippen molar-refractivity contribution in [2.24, 2.45) is 0 Å². The lowest BCUT2D eigenvalue weighted by Crippen LogP contribution is -2.05. The van der Waals surface area contributed by atoms with Crippen LogP contribution in [-0.4, -0.2) is 35.4 Å². The number of benzene rings is 2. The van der Waals surface area contributed by atoms with Crippen molar-refractivity contribution in [3.63, 3.8) is 0 Å². The number of hydrogen-bond acceptors (Lipinski definition) is 5. The SMILES string of the molecule is CC#CCn1nc(C(C)CC)nc1Cc1ccc(-c2ccccc2-c2nn[nH]n2)cc1. The fourth-order valence-corrected chi connectivity index (χ4v) is 3.39. The number of nitrogens with one attached hydrogen (secondary N) is 1. The Morgan fingerprint density at radius 1 is 1.06 bits per heavy atom. The molecule has 0 saturated heterocycles. The number of tetrazole rings is 1. The molecule has 0 spiro atoms. The molecule has 7 nitrogen and oxygen atoms in total. The molecular formula is C24H25N7. The van der Waals surface area contributed by atoms with Gasteiger partial charge in [-0.25, -0.2) is 9.67 Å². The van der Waals surface area contributed by atoms with E-state index in [4.69, 9.17) is 10.1 Å². The molecular weight excluding hydrogens is 386 g/mol. The molecule has 4 rings (SSSR count). The van der Waals surface area contributed by atoms with E-state index < -0.39 is 0 Å². The summed E-state index contributed by atoms with van der Waals surface area (Å²) < 4.78 is 1.93. The first kappa shape index (κ1) is 20.5. The highest BCUT2D eigenvalue weighted by Gasteiger charge is 2.15. The summed E-state index contributed by atoms with van der Waals surface area (Å²) in [6.07, 6.45) is 1.72. The summed E-state index contributed by atoms with van der Waals surface area (Å²) in [7, 11) is 0. The standard InChI is InChI=1S/C24H25N7/c1-4-6-15-31-22(25-23(28-31)17(3)5-2)16-18-11-13-19(14-12-18)20-9-7-8-10-21(20)24-26-29-30-27-24/h7-14,17H,5,15-16H2,1-3H3,(H,26,27,29,30). The number of H-pyrrole nitrogens is 1. The third-order valence-electron chi connectivity index (χ3n) is 5.36. The van der Waals surface area contributed by atoms with Crippen LogP contribution in [0.1, 0.15) is 50.3 Å². The molecule has 156 valence electrons. The van der Waals surface area contributed by atoms with Crippen LogP contribution in [0.2, 0.25) is 0 Å². The van der Waals surface area contributed by atoms with E-state index in [1.807, 2.05) is 29.8 Å². The topological polar surface area (TPSA) is 85.2 Å². The van der Waals surface area contributed by atoms with Crippen LogP contribution in [0.5, 0.6) is 0 Å². The van der Waals surface area contributed by atoms with E-state index in [9.17, 15) is 0 Å². The number of aromatic amines is 1. The van der Waals surface area contributed by atoms with Crippen LogP contribution < -0.4 is 0 Å². The van der Waals surface area contributed by atoms with Crippen molar-refractivity contribution in [2.45, 2.75) is 46.1 Å². The molecule has 4 aromatic rings. The van der Waals surface area contributed by atoms with E-state index >= 15 is 0 Å². The molecule has 7 heteroatoms. The van der Waals surface area contributed by atoms with Crippen molar-refractivity contribution in [3.8, 4) is 34.4 Å². The second-order valence-corrected chi connectivity index (χ2v) is 7.43. The number of aromatic nitrogens is 7. The number of nitrogens with zero attached hydrogens (tertiary/aromatic N) is 6.